The smallest absolute Gasteiger partial charge is 0.160 e. The predicted molar refractivity (Wildman–Crippen MR) is 202 cm³/mol. The Bertz CT molecular complexity index is 2520. The summed E-state index contributed by atoms with van der Waals surface area (Å²) in [7, 11) is 0. The Kier molecular flexibility index (Phi) is 7.95. The lowest BCUT2D eigenvalue weighted by Gasteiger charge is -2.11. The molecule has 0 aliphatic heterocycles. The van der Waals surface area contributed by atoms with E-state index in [1.807, 2.05) is 60.7 Å². The number of rotatable bonds is 6. The molecule has 4 heteroatoms. The molecule has 0 fully saturated rings. The molecule has 7 aromatic carbocycles. The van der Waals surface area contributed by atoms with Crippen LogP contribution in [-0.4, -0.2) is 9.97 Å². The SMILES string of the molecule is N#Cc1ccc(-c2cc(C#N)cc(-c3ccc4ccc(-c5ccc(-c6nc(-c7ccccc7)cc(-c7ccccc7)n6)cc5)cc4c3)c2)cc1. The van der Waals surface area contributed by atoms with E-state index in [1.165, 1.54) is 0 Å². The first-order chi connectivity index (χ1) is 24.6. The Morgan fingerprint density at radius 3 is 1.34 bits per heavy atom. The summed E-state index contributed by atoms with van der Waals surface area (Å²) in [4.78, 5) is 9.97. The van der Waals surface area contributed by atoms with Gasteiger partial charge in [0.2, 0.25) is 0 Å². The third kappa shape index (κ3) is 6.14. The van der Waals surface area contributed by atoms with Gasteiger partial charge in [0.25, 0.3) is 0 Å². The van der Waals surface area contributed by atoms with Gasteiger partial charge in [0.15, 0.2) is 5.82 Å². The summed E-state index contributed by atoms with van der Waals surface area (Å²) in [6.07, 6.45) is 0. The van der Waals surface area contributed by atoms with Gasteiger partial charge in [-0.3, -0.25) is 0 Å². The first-order valence-electron chi connectivity index (χ1n) is 16.3. The average molecular weight is 637 g/mol. The second-order valence-corrected chi connectivity index (χ2v) is 12.1. The van der Waals surface area contributed by atoms with Crippen LogP contribution < -0.4 is 0 Å². The van der Waals surface area contributed by atoms with Crippen molar-refractivity contribution < 1.29 is 0 Å². The highest BCUT2D eigenvalue weighted by molar-refractivity contribution is 5.91. The molecule has 0 saturated heterocycles. The molecule has 1 aromatic heterocycles. The lowest BCUT2D eigenvalue weighted by molar-refractivity contribution is 1.18. The number of nitriles is 2. The second-order valence-electron chi connectivity index (χ2n) is 12.1. The predicted octanol–water partition coefficient (Wildman–Crippen LogP) is 11.4. The fourth-order valence-electron chi connectivity index (χ4n) is 6.27. The molecule has 8 rings (SSSR count). The lowest BCUT2D eigenvalue weighted by atomic mass is 9.94. The number of fused-ring (bicyclic) bond motifs is 1. The van der Waals surface area contributed by atoms with Crippen molar-refractivity contribution in [2.24, 2.45) is 0 Å². The Hall–Kier alpha value is -7.14. The van der Waals surface area contributed by atoms with Crippen molar-refractivity contribution in [1.29, 1.82) is 10.5 Å². The van der Waals surface area contributed by atoms with Crippen LogP contribution in [0.2, 0.25) is 0 Å². The summed E-state index contributed by atoms with van der Waals surface area (Å²) in [6, 6.07) is 61.7. The molecule has 50 heavy (non-hydrogen) atoms. The van der Waals surface area contributed by atoms with Gasteiger partial charge in [-0.05, 0) is 92.7 Å². The third-order valence-corrected chi connectivity index (χ3v) is 8.92. The second kappa shape index (κ2) is 13.2. The molecule has 4 nitrogen and oxygen atoms in total. The lowest BCUT2D eigenvalue weighted by Crippen LogP contribution is -1.95. The monoisotopic (exact) mass is 636 g/mol. The summed E-state index contributed by atoms with van der Waals surface area (Å²) in [5.74, 6) is 0.680. The van der Waals surface area contributed by atoms with Gasteiger partial charge in [0, 0.05) is 16.7 Å². The number of hydrogen-bond acceptors (Lipinski definition) is 4. The number of nitrogens with zero attached hydrogens (tertiary/aromatic N) is 4. The molecule has 0 atom stereocenters. The van der Waals surface area contributed by atoms with Crippen LogP contribution in [0.4, 0.5) is 0 Å². The zero-order chi connectivity index (χ0) is 33.9. The molecule has 0 amide bonds. The van der Waals surface area contributed by atoms with E-state index in [0.717, 1.165) is 72.2 Å². The van der Waals surface area contributed by atoms with Crippen molar-refractivity contribution >= 4 is 10.8 Å². The largest absolute Gasteiger partial charge is 0.228 e. The van der Waals surface area contributed by atoms with Crippen LogP contribution >= 0.6 is 0 Å². The minimum absolute atomic E-state index is 0.588. The number of hydrogen-bond donors (Lipinski definition) is 0. The van der Waals surface area contributed by atoms with E-state index in [1.54, 1.807) is 12.1 Å². The molecule has 8 aromatic rings. The van der Waals surface area contributed by atoms with Crippen molar-refractivity contribution in [1.82, 2.24) is 9.97 Å². The molecule has 0 aliphatic rings. The highest BCUT2D eigenvalue weighted by Gasteiger charge is 2.12. The van der Waals surface area contributed by atoms with Crippen LogP contribution in [0.1, 0.15) is 11.1 Å². The molecular weight excluding hydrogens is 609 g/mol. The number of aromatic nitrogens is 2. The van der Waals surface area contributed by atoms with Crippen molar-refractivity contribution in [2.45, 2.75) is 0 Å². The van der Waals surface area contributed by atoms with E-state index in [9.17, 15) is 10.5 Å². The van der Waals surface area contributed by atoms with Crippen LogP contribution in [-0.2, 0) is 0 Å². The summed E-state index contributed by atoms with van der Waals surface area (Å²) in [6.45, 7) is 0. The van der Waals surface area contributed by atoms with Gasteiger partial charge < -0.3 is 0 Å². The minimum Gasteiger partial charge on any atom is -0.228 e. The van der Waals surface area contributed by atoms with E-state index in [0.29, 0.717) is 17.0 Å². The molecule has 0 unspecified atom stereocenters. The zero-order valence-electron chi connectivity index (χ0n) is 27.0. The van der Waals surface area contributed by atoms with Crippen LogP contribution in [0.5, 0.6) is 0 Å². The third-order valence-electron chi connectivity index (χ3n) is 8.92. The maximum Gasteiger partial charge on any atom is 0.160 e. The molecule has 0 saturated carbocycles. The normalized spacial score (nSPS) is 10.8. The zero-order valence-corrected chi connectivity index (χ0v) is 27.0. The highest BCUT2D eigenvalue weighted by Crippen LogP contribution is 2.33. The number of benzene rings is 7. The van der Waals surface area contributed by atoms with Gasteiger partial charge in [0.05, 0.1) is 34.7 Å². The van der Waals surface area contributed by atoms with Crippen molar-refractivity contribution in [3.63, 3.8) is 0 Å². The Labute approximate surface area is 290 Å². The van der Waals surface area contributed by atoms with E-state index in [-0.39, 0.29) is 0 Å². The maximum atomic E-state index is 9.82. The fourth-order valence-corrected chi connectivity index (χ4v) is 6.27. The first kappa shape index (κ1) is 30.2. The molecule has 0 radical (unpaired) electrons. The summed E-state index contributed by atoms with van der Waals surface area (Å²) in [5.41, 5.74) is 12.1. The molecule has 0 aliphatic carbocycles. The van der Waals surface area contributed by atoms with Crippen LogP contribution in [0.25, 0.3) is 78.1 Å². The van der Waals surface area contributed by atoms with Crippen molar-refractivity contribution in [3.8, 4) is 79.4 Å². The van der Waals surface area contributed by atoms with Gasteiger partial charge in [-0.2, -0.15) is 10.5 Å². The molecule has 0 N–H and O–H groups in total. The molecule has 1 heterocycles. The van der Waals surface area contributed by atoms with E-state index < -0.39 is 0 Å². The van der Waals surface area contributed by atoms with Crippen molar-refractivity contribution in [3.05, 3.63) is 181 Å². The van der Waals surface area contributed by atoms with Gasteiger partial charge in [-0.25, -0.2) is 9.97 Å². The molecule has 0 bridgehead atoms. The Morgan fingerprint density at radius 1 is 0.320 bits per heavy atom. The van der Waals surface area contributed by atoms with Gasteiger partial charge in [0.1, 0.15) is 0 Å². The molecular formula is C46H28N4. The molecule has 232 valence electrons. The van der Waals surface area contributed by atoms with Gasteiger partial charge in [-0.1, -0.05) is 121 Å². The Morgan fingerprint density at radius 2 is 0.780 bits per heavy atom. The van der Waals surface area contributed by atoms with Crippen molar-refractivity contribution in [2.75, 3.05) is 0 Å². The Balaban J connectivity index is 1.13. The first-order valence-corrected chi connectivity index (χ1v) is 16.3. The van der Waals surface area contributed by atoms with Crippen LogP contribution in [0.15, 0.2) is 170 Å². The van der Waals surface area contributed by atoms with E-state index in [2.05, 4.69) is 109 Å². The summed E-state index contributed by atoms with van der Waals surface area (Å²) < 4.78 is 0. The average Bonchev–Trinajstić information content (AvgIpc) is 3.20. The van der Waals surface area contributed by atoms with Gasteiger partial charge in [-0.15, -0.1) is 0 Å². The standard InChI is InChI=1S/C46H28N4/c47-29-31-11-13-34(14-12-31)41-23-32(30-48)24-42(27-41)40-22-18-35-17-21-39(25-43(35)26-40)33-15-19-38(20-16-33)46-49-44(36-7-3-1-4-8-36)28-45(50-46)37-9-5-2-6-10-37/h1-28H. The maximum absolute atomic E-state index is 9.82. The summed E-state index contributed by atoms with van der Waals surface area (Å²) >= 11 is 0. The highest BCUT2D eigenvalue weighted by atomic mass is 14.9. The quantitative estimate of drug-likeness (QED) is 0.182. The van der Waals surface area contributed by atoms with E-state index in [4.69, 9.17) is 9.97 Å². The van der Waals surface area contributed by atoms with E-state index >= 15 is 0 Å². The fraction of sp³-hybridized carbons (Fsp3) is 0. The van der Waals surface area contributed by atoms with Gasteiger partial charge >= 0.3 is 0 Å². The summed E-state index contributed by atoms with van der Waals surface area (Å²) in [5, 5.41) is 21.3. The molecule has 0 spiro atoms. The minimum atomic E-state index is 0.588. The topological polar surface area (TPSA) is 73.4 Å². The van der Waals surface area contributed by atoms with Crippen LogP contribution in [0, 0.1) is 22.7 Å². The van der Waals surface area contributed by atoms with Crippen LogP contribution in [0.3, 0.4) is 0 Å².